The first-order valence-electron chi connectivity index (χ1n) is 8.73. The van der Waals surface area contributed by atoms with Gasteiger partial charge in [-0.2, -0.15) is 13.2 Å². The summed E-state index contributed by atoms with van der Waals surface area (Å²) in [5.74, 6) is 0. The molecule has 0 aliphatic heterocycles. The predicted molar refractivity (Wildman–Crippen MR) is 116 cm³/mol. The van der Waals surface area contributed by atoms with Crippen molar-refractivity contribution in [2.45, 2.75) is 12.7 Å². The number of sulfonamides is 1. The highest BCUT2D eigenvalue weighted by molar-refractivity contribution is 7.88. The largest absolute Gasteiger partial charge is 0.417 e. The van der Waals surface area contributed by atoms with Crippen LogP contribution in [0.1, 0.15) is 11.1 Å². The summed E-state index contributed by atoms with van der Waals surface area (Å²) in [6.45, 7) is 0.0854. The lowest BCUT2D eigenvalue weighted by molar-refractivity contribution is -0.137. The molecule has 0 saturated carbocycles. The molecule has 0 unspecified atom stereocenters. The van der Waals surface area contributed by atoms with E-state index in [1.807, 2.05) is 0 Å². The number of alkyl halides is 3. The highest BCUT2D eigenvalue weighted by Crippen LogP contribution is 2.36. The molecule has 0 aliphatic rings. The van der Waals surface area contributed by atoms with Crippen LogP contribution in [0.15, 0.2) is 36.7 Å². The van der Waals surface area contributed by atoms with E-state index in [2.05, 4.69) is 19.9 Å². The Labute approximate surface area is 193 Å². The van der Waals surface area contributed by atoms with Crippen molar-refractivity contribution in [2.75, 3.05) is 6.26 Å². The number of rotatable bonds is 5. The summed E-state index contributed by atoms with van der Waals surface area (Å²) in [4.78, 5) is 4.27. The third-order valence-corrected chi connectivity index (χ3v) is 6.52. The zero-order chi connectivity index (χ0) is 23.3. The number of hydrogen-bond acceptors (Lipinski definition) is 6. The predicted octanol–water partition coefficient (Wildman–Crippen LogP) is 4.89. The normalized spacial score (nSPS) is 12.6. The molecule has 1 aromatic carbocycles. The van der Waals surface area contributed by atoms with E-state index in [1.54, 1.807) is 18.2 Å². The van der Waals surface area contributed by atoms with Gasteiger partial charge in [0.1, 0.15) is 10.7 Å². The van der Waals surface area contributed by atoms with Crippen LogP contribution < -0.4 is 4.72 Å². The molecule has 3 aromatic heterocycles. The summed E-state index contributed by atoms with van der Waals surface area (Å²) >= 11 is 13.5. The monoisotopic (exact) mass is 521 g/mol. The van der Waals surface area contributed by atoms with Gasteiger partial charge in [-0.15, -0.1) is 10.2 Å². The second kappa shape index (κ2) is 8.27. The number of benzene rings is 1. The average molecular weight is 522 g/mol. The van der Waals surface area contributed by atoms with E-state index >= 15 is 0 Å². The van der Waals surface area contributed by atoms with Crippen molar-refractivity contribution in [1.82, 2.24) is 24.3 Å². The van der Waals surface area contributed by atoms with Gasteiger partial charge in [0.15, 0.2) is 10.7 Å². The zero-order valence-electron chi connectivity index (χ0n) is 16.0. The molecule has 0 fully saturated rings. The molecule has 0 bridgehead atoms. The Kier molecular flexibility index (Phi) is 5.92. The lowest BCUT2D eigenvalue weighted by Gasteiger charge is -2.07. The van der Waals surface area contributed by atoms with Gasteiger partial charge in [0.25, 0.3) is 0 Å². The van der Waals surface area contributed by atoms with E-state index in [0.29, 0.717) is 31.9 Å². The fraction of sp³-hybridized carbons (Fsp3) is 0.167. The number of imidazole rings is 1. The van der Waals surface area contributed by atoms with Crippen LogP contribution in [0.5, 0.6) is 0 Å². The van der Waals surface area contributed by atoms with Crippen LogP contribution in [-0.2, 0) is 22.7 Å². The van der Waals surface area contributed by atoms with Crippen LogP contribution in [0.4, 0.5) is 13.2 Å². The Morgan fingerprint density at radius 3 is 2.47 bits per heavy atom. The maximum absolute atomic E-state index is 13.0. The number of hydrogen-bond donors (Lipinski definition) is 1. The Hall–Kier alpha value is -2.25. The Balaban J connectivity index is 1.64. The van der Waals surface area contributed by atoms with Crippen LogP contribution in [0, 0.1) is 0 Å². The fourth-order valence-corrected chi connectivity index (χ4v) is 4.68. The van der Waals surface area contributed by atoms with Gasteiger partial charge in [0, 0.05) is 24.5 Å². The topological polar surface area (TPSA) is 89.2 Å². The van der Waals surface area contributed by atoms with Crippen molar-refractivity contribution >= 4 is 50.2 Å². The molecule has 3 heterocycles. The fourth-order valence-electron chi connectivity index (χ4n) is 2.81. The summed E-state index contributed by atoms with van der Waals surface area (Å²) < 4.78 is 65.1. The number of fused-ring (bicyclic) bond motifs is 1. The molecule has 0 radical (unpaired) electrons. The molecule has 0 amide bonds. The molecule has 14 heteroatoms. The first-order valence-corrected chi connectivity index (χ1v) is 12.2. The minimum atomic E-state index is -4.54. The van der Waals surface area contributed by atoms with Crippen molar-refractivity contribution < 1.29 is 21.6 Å². The van der Waals surface area contributed by atoms with Gasteiger partial charge in [0.2, 0.25) is 10.0 Å². The maximum atomic E-state index is 13.0. The second-order valence-electron chi connectivity index (χ2n) is 6.75. The summed E-state index contributed by atoms with van der Waals surface area (Å²) in [5.41, 5.74) is 0.797. The Bertz CT molecular complexity index is 1430. The molecular formula is C18H12Cl2F3N5O2S2. The van der Waals surface area contributed by atoms with E-state index in [0.717, 1.165) is 29.9 Å². The Morgan fingerprint density at radius 2 is 1.81 bits per heavy atom. The van der Waals surface area contributed by atoms with Gasteiger partial charge in [-0.1, -0.05) is 46.7 Å². The van der Waals surface area contributed by atoms with Crippen molar-refractivity contribution in [1.29, 1.82) is 0 Å². The molecule has 168 valence electrons. The van der Waals surface area contributed by atoms with Crippen molar-refractivity contribution in [3.8, 4) is 21.3 Å². The quantitative estimate of drug-likeness (QED) is 0.403. The first kappa shape index (κ1) is 22.9. The third kappa shape index (κ3) is 4.89. The van der Waals surface area contributed by atoms with Gasteiger partial charge in [-0.05, 0) is 17.7 Å². The lowest BCUT2D eigenvalue weighted by Crippen LogP contribution is -2.21. The standard InChI is InChI=1S/C18H12Cl2F3N5O2S2/c1-32(29,30)24-6-9-2-3-11(12(19)4-9)16-26-27-17(31-16)14-8-28-7-10(18(21,22)23)5-13(20)15(28)25-14/h2-5,7-8,24H,6H2,1H3. The van der Waals surface area contributed by atoms with E-state index in [9.17, 15) is 21.6 Å². The van der Waals surface area contributed by atoms with Gasteiger partial charge in [-0.3, -0.25) is 0 Å². The number of nitrogens with one attached hydrogen (secondary N) is 1. The number of halogens is 5. The summed E-state index contributed by atoms with van der Waals surface area (Å²) in [5, 5.41) is 9.20. The number of pyridine rings is 1. The van der Waals surface area contributed by atoms with Crippen LogP contribution >= 0.6 is 34.5 Å². The summed E-state index contributed by atoms with van der Waals surface area (Å²) in [7, 11) is -3.34. The van der Waals surface area contributed by atoms with Crippen molar-refractivity contribution in [3.63, 3.8) is 0 Å². The van der Waals surface area contributed by atoms with Gasteiger partial charge < -0.3 is 4.40 Å². The minimum Gasteiger partial charge on any atom is -0.305 e. The number of aromatic nitrogens is 4. The SMILES string of the molecule is CS(=O)(=O)NCc1ccc(-c2nnc(-c3cn4cc(C(F)(F)F)cc(Cl)c4n3)s2)c(Cl)c1. The average Bonchev–Trinajstić information content (AvgIpc) is 3.32. The highest BCUT2D eigenvalue weighted by Gasteiger charge is 2.32. The van der Waals surface area contributed by atoms with Crippen LogP contribution in [0.3, 0.4) is 0 Å². The maximum Gasteiger partial charge on any atom is 0.417 e. The van der Waals surface area contributed by atoms with Crippen molar-refractivity contribution in [2.24, 2.45) is 0 Å². The molecule has 4 rings (SSSR count). The van der Waals surface area contributed by atoms with Gasteiger partial charge in [0.05, 0.1) is 21.9 Å². The summed E-state index contributed by atoms with van der Waals surface area (Å²) in [6.07, 6.45) is -1.19. The van der Waals surface area contributed by atoms with E-state index < -0.39 is 21.8 Å². The smallest absolute Gasteiger partial charge is 0.305 e. The third-order valence-electron chi connectivity index (χ3n) is 4.28. The molecule has 4 aromatic rings. The molecule has 0 saturated heterocycles. The molecule has 0 spiro atoms. The minimum absolute atomic E-state index is 0.0854. The van der Waals surface area contributed by atoms with Crippen molar-refractivity contribution in [3.05, 3.63) is 57.8 Å². The van der Waals surface area contributed by atoms with Crippen LogP contribution in [-0.4, -0.2) is 34.3 Å². The number of nitrogens with zero attached hydrogens (tertiary/aromatic N) is 4. The van der Waals surface area contributed by atoms with E-state index in [1.165, 1.54) is 10.6 Å². The second-order valence-corrected chi connectivity index (χ2v) is 10.4. The highest BCUT2D eigenvalue weighted by atomic mass is 35.5. The van der Waals surface area contributed by atoms with Crippen LogP contribution in [0.2, 0.25) is 10.0 Å². The van der Waals surface area contributed by atoms with E-state index in [-0.39, 0.29) is 17.2 Å². The molecule has 0 aliphatic carbocycles. The van der Waals surface area contributed by atoms with Crippen LogP contribution in [0.25, 0.3) is 26.9 Å². The zero-order valence-corrected chi connectivity index (χ0v) is 19.1. The van der Waals surface area contributed by atoms with Gasteiger partial charge >= 0.3 is 6.18 Å². The Morgan fingerprint density at radius 1 is 1.09 bits per heavy atom. The summed E-state index contributed by atoms with van der Waals surface area (Å²) in [6, 6.07) is 5.81. The molecule has 0 atom stereocenters. The molecule has 7 nitrogen and oxygen atoms in total. The molecule has 1 N–H and O–H groups in total. The van der Waals surface area contributed by atoms with E-state index in [4.69, 9.17) is 23.2 Å². The molecule has 32 heavy (non-hydrogen) atoms. The molecular weight excluding hydrogens is 510 g/mol. The van der Waals surface area contributed by atoms with Gasteiger partial charge in [-0.25, -0.2) is 18.1 Å². The first-order chi connectivity index (χ1) is 14.9. The lowest BCUT2D eigenvalue weighted by atomic mass is 10.1.